The number of nitriles is 1. The largest absolute Gasteiger partial charge is 0.396 e. The molecule has 5 heteroatoms. The first-order chi connectivity index (χ1) is 6.97. The Morgan fingerprint density at radius 2 is 2.07 bits per heavy atom. The lowest BCUT2D eigenvalue weighted by Crippen LogP contribution is -2.17. The van der Waals surface area contributed by atoms with Crippen LogP contribution < -0.4 is 5.73 Å². The van der Waals surface area contributed by atoms with Gasteiger partial charge in [-0.3, -0.25) is 0 Å². The Bertz CT molecular complexity index is 415. The molecule has 2 unspecified atom stereocenters. The topological polar surface area (TPSA) is 90.3 Å². The fourth-order valence-electron chi connectivity index (χ4n) is 1.28. The highest BCUT2D eigenvalue weighted by atomic mass is 19.1. The number of nitrogens with zero attached hydrogens (tertiary/aromatic N) is 1. The third-order valence-corrected chi connectivity index (χ3v) is 2.14. The van der Waals surface area contributed by atoms with Gasteiger partial charge in [-0.1, -0.05) is 0 Å². The second kappa shape index (κ2) is 4.26. The number of aliphatic hydroxyl groups excluding tert-OH is 2. The van der Waals surface area contributed by atoms with Gasteiger partial charge in [0.25, 0.3) is 0 Å². The van der Waals surface area contributed by atoms with E-state index >= 15 is 0 Å². The van der Waals surface area contributed by atoms with Gasteiger partial charge in [0.15, 0.2) is 6.10 Å². The Morgan fingerprint density at radius 1 is 1.47 bits per heavy atom. The Kier molecular flexibility index (Phi) is 3.24. The number of anilines is 1. The molecule has 4 nitrogen and oxygen atoms in total. The first-order valence-electron chi connectivity index (χ1n) is 4.28. The minimum atomic E-state index is -1.58. The lowest BCUT2D eigenvalue weighted by atomic mass is 9.99. The molecule has 4 N–H and O–H groups in total. The summed E-state index contributed by atoms with van der Waals surface area (Å²) < 4.78 is 13.1. The molecule has 0 heterocycles. The standard InChI is InChI=1S/C10H11FN2O2/c1-5-2-8(13)7(11)3-6(5)10(15)9(14)4-12/h2-3,9-10,14-15H,13H2,1H3. The summed E-state index contributed by atoms with van der Waals surface area (Å²) in [5.41, 5.74) is 5.97. The smallest absolute Gasteiger partial charge is 0.170 e. The molecule has 1 aromatic rings. The third kappa shape index (κ3) is 2.24. The van der Waals surface area contributed by atoms with E-state index in [1.807, 2.05) is 0 Å². The lowest BCUT2D eigenvalue weighted by molar-refractivity contribution is 0.0522. The predicted molar refractivity (Wildman–Crippen MR) is 52.1 cm³/mol. The minimum absolute atomic E-state index is 0.0325. The SMILES string of the molecule is Cc1cc(N)c(F)cc1C(O)C(O)C#N. The summed E-state index contributed by atoms with van der Waals surface area (Å²) >= 11 is 0. The molecule has 0 aliphatic carbocycles. The first kappa shape index (κ1) is 11.4. The summed E-state index contributed by atoms with van der Waals surface area (Å²) in [6.07, 6.45) is -3.00. The predicted octanol–water partition coefficient (Wildman–Crippen LogP) is 0.634. The van der Waals surface area contributed by atoms with Crippen molar-refractivity contribution in [2.75, 3.05) is 5.73 Å². The van der Waals surface area contributed by atoms with Crippen LogP contribution in [-0.2, 0) is 0 Å². The van der Waals surface area contributed by atoms with Gasteiger partial charge in [0, 0.05) is 0 Å². The number of rotatable bonds is 2. The summed E-state index contributed by atoms with van der Waals surface area (Å²) in [6, 6.07) is 3.85. The highest BCUT2D eigenvalue weighted by molar-refractivity contribution is 5.46. The van der Waals surface area contributed by atoms with Crippen molar-refractivity contribution in [3.05, 3.63) is 29.1 Å². The number of hydrogen-bond donors (Lipinski definition) is 3. The molecule has 0 saturated heterocycles. The van der Waals surface area contributed by atoms with Crippen molar-refractivity contribution in [2.24, 2.45) is 0 Å². The molecule has 0 amide bonds. The first-order valence-corrected chi connectivity index (χ1v) is 4.28. The van der Waals surface area contributed by atoms with Gasteiger partial charge in [-0.2, -0.15) is 5.26 Å². The van der Waals surface area contributed by atoms with E-state index in [0.717, 1.165) is 6.07 Å². The number of aryl methyl sites for hydroxylation is 1. The minimum Gasteiger partial charge on any atom is -0.396 e. The fraction of sp³-hybridized carbons (Fsp3) is 0.300. The Balaban J connectivity index is 3.16. The molecular weight excluding hydrogens is 199 g/mol. The molecule has 0 radical (unpaired) electrons. The van der Waals surface area contributed by atoms with Crippen LogP contribution in [0.4, 0.5) is 10.1 Å². The fourth-order valence-corrected chi connectivity index (χ4v) is 1.28. The van der Waals surface area contributed by atoms with Gasteiger partial charge in [-0.05, 0) is 30.2 Å². The Morgan fingerprint density at radius 3 is 2.60 bits per heavy atom. The van der Waals surface area contributed by atoms with Crippen LogP contribution >= 0.6 is 0 Å². The van der Waals surface area contributed by atoms with Gasteiger partial charge < -0.3 is 15.9 Å². The number of aliphatic hydroxyl groups is 2. The van der Waals surface area contributed by atoms with E-state index in [4.69, 9.17) is 16.1 Å². The molecule has 0 aliphatic rings. The van der Waals surface area contributed by atoms with Crippen LogP contribution in [0.2, 0.25) is 0 Å². The van der Waals surface area contributed by atoms with Gasteiger partial charge in [-0.25, -0.2) is 4.39 Å². The molecule has 2 atom stereocenters. The van der Waals surface area contributed by atoms with Gasteiger partial charge >= 0.3 is 0 Å². The summed E-state index contributed by atoms with van der Waals surface area (Å²) in [5, 5.41) is 27.0. The monoisotopic (exact) mass is 210 g/mol. The molecule has 0 aromatic heterocycles. The third-order valence-electron chi connectivity index (χ3n) is 2.14. The van der Waals surface area contributed by atoms with Crippen LogP contribution in [0.25, 0.3) is 0 Å². The molecule has 15 heavy (non-hydrogen) atoms. The van der Waals surface area contributed by atoms with E-state index in [9.17, 15) is 9.50 Å². The van der Waals surface area contributed by atoms with Crippen molar-refractivity contribution in [1.82, 2.24) is 0 Å². The molecule has 0 bridgehead atoms. The van der Waals surface area contributed by atoms with Crippen molar-refractivity contribution >= 4 is 5.69 Å². The summed E-state index contributed by atoms with van der Waals surface area (Å²) in [7, 11) is 0. The lowest BCUT2D eigenvalue weighted by Gasteiger charge is -2.15. The molecule has 80 valence electrons. The number of benzene rings is 1. The number of halogens is 1. The quantitative estimate of drug-likeness (QED) is 0.493. The molecular formula is C10H11FN2O2. The second-order valence-corrected chi connectivity index (χ2v) is 3.25. The molecule has 1 rings (SSSR count). The van der Waals surface area contributed by atoms with E-state index in [0.29, 0.717) is 5.56 Å². The van der Waals surface area contributed by atoms with Gasteiger partial charge in [0.05, 0.1) is 11.8 Å². The second-order valence-electron chi connectivity index (χ2n) is 3.25. The normalized spacial score (nSPS) is 14.3. The van der Waals surface area contributed by atoms with Crippen LogP contribution in [0.1, 0.15) is 17.2 Å². The maximum absolute atomic E-state index is 13.1. The van der Waals surface area contributed by atoms with Gasteiger partial charge in [-0.15, -0.1) is 0 Å². The van der Waals surface area contributed by atoms with Crippen molar-refractivity contribution < 1.29 is 14.6 Å². The van der Waals surface area contributed by atoms with E-state index in [2.05, 4.69) is 0 Å². The van der Waals surface area contributed by atoms with Crippen molar-refractivity contribution in [1.29, 1.82) is 5.26 Å². The van der Waals surface area contributed by atoms with Crippen LogP contribution in [0.5, 0.6) is 0 Å². The molecule has 1 aromatic carbocycles. The molecule has 0 fully saturated rings. The van der Waals surface area contributed by atoms with Crippen molar-refractivity contribution in [2.45, 2.75) is 19.1 Å². The molecule has 0 aliphatic heterocycles. The average Bonchev–Trinajstić information content (AvgIpc) is 2.21. The zero-order chi connectivity index (χ0) is 11.6. The van der Waals surface area contributed by atoms with Crippen LogP contribution in [0, 0.1) is 24.1 Å². The zero-order valence-electron chi connectivity index (χ0n) is 8.11. The highest BCUT2D eigenvalue weighted by Crippen LogP contribution is 2.24. The number of nitrogens with two attached hydrogens (primary N) is 1. The van der Waals surface area contributed by atoms with Gasteiger partial charge in [0.2, 0.25) is 0 Å². The maximum Gasteiger partial charge on any atom is 0.170 e. The van der Waals surface area contributed by atoms with Gasteiger partial charge in [0.1, 0.15) is 11.9 Å². The van der Waals surface area contributed by atoms with Crippen LogP contribution in [0.15, 0.2) is 12.1 Å². The van der Waals surface area contributed by atoms with Crippen molar-refractivity contribution in [3.8, 4) is 6.07 Å². The molecule has 0 saturated carbocycles. The van der Waals surface area contributed by atoms with Crippen LogP contribution in [0.3, 0.4) is 0 Å². The van der Waals surface area contributed by atoms with E-state index in [-0.39, 0.29) is 11.3 Å². The maximum atomic E-state index is 13.1. The number of nitrogen functional groups attached to an aromatic ring is 1. The summed E-state index contributed by atoms with van der Waals surface area (Å²) in [4.78, 5) is 0. The van der Waals surface area contributed by atoms with E-state index < -0.39 is 18.0 Å². The Hall–Kier alpha value is -1.64. The number of hydrogen-bond acceptors (Lipinski definition) is 4. The Labute approximate surface area is 86.4 Å². The van der Waals surface area contributed by atoms with E-state index in [1.54, 1.807) is 6.92 Å². The highest BCUT2D eigenvalue weighted by Gasteiger charge is 2.20. The summed E-state index contributed by atoms with van der Waals surface area (Å²) in [5.74, 6) is -0.681. The van der Waals surface area contributed by atoms with E-state index in [1.165, 1.54) is 12.1 Å². The van der Waals surface area contributed by atoms with Crippen molar-refractivity contribution in [3.63, 3.8) is 0 Å². The molecule has 0 spiro atoms. The average molecular weight is 210 g/mol. The summed E-state index contributed by atoms with van der Waals surface area (Å²) in [6.45, 7) is 1.61. The zero-order valence-corrected chi connectivity index (χ0v) is 8.11. The van der Waals surface area contributed by atoms with Crippen LogP contribution in [-0.4, -0.2) is 16.3 Å².